The molecule has 1 aromatic heterocycles. The van der Waals surface area contributed by atoms with Crippen LogP contribution in [0.1, 0.15) is 11.1 Å². The summed E-state index contributed by atoms with van der Waals surface area (Å²) in [4.78, 5) is 14.3. The van der Waals surface area contributed by atoms with Gasteiger partial charge in [-0.3, -0.25) is 15.1 Å². The van der Waals surface area contributed by atoms with E-state index in [1.807, 2.05) is 12.1 Å². The molecule has 0 radical (unpaired) electrons. The fraction of sp³-hybridized carbons (Fsp3) is 0.154. The van der Waals surface area contributed by atoms with Gasteiger partial charge in [0.05, 0.1) is 4.92 Å². The molecule has 1 heterocycles. The highest BCUT2D eigenvalue weighted by Crippen LogP contribution is 2.21. The molecule has 5 heteroatoms. The highest BCUT2D eigenvalue weighted by Gasteiger charge is 2.09. The lowest BCUT2D eigenvalue weighted by atomic mass is 10.2. The molecule has 92 valence electrons. The topological polar surface area (TPSA) is 68.1 Å². The molecule has 0 fully saturated rings. The molecule has 1 aromatic carbocycles. The number of benzene rings is 1. The number of aromatic nitrogens is 1. The van der Waals surface area contributed by atoms with Gasteiger partial charge in [-0.25, -0.2) is 0 Å². The zero-order valence-corrected chi connectivity index (χ0v) is 9.96. The SMILES string of the molecule is Cc1cc(NCc2cccnc2)ccc1[N+](=O)[O-]. The van der Waals surface area contributed by atoms with Gasteiger partial charge < -0.3 is 5.32 Å². The first-order valence-corrected chi connectivity index (χ1v) is 5.54. The lowest BCUT2D eigenvalue weighted by Crippen LogP contribution is -2.00. The minimum Gasteiger partial charge on any atom is -0.381 e. The van der Waals surface area contributed by atoms with E-state index in [0.29, 0.717) is 12.1 Å². The molecular weight excluding hydrogens is 230 g/mol. The maximum absolute atomic E-state index is 10.7. The molecule has 2 rings (SSSR count). The second-order valence-electron chi connectivity index (χ2n) is 3.97. The van der Waals surface area contributed by atoms with Crippen LogP contribution in [0.4, 0.5) is 11.4 Å². The number of aryl methyl sites for hydroxylation is 1. The average molecular weight is 243 g/mol. The summed E-state index contributed by atoms with van der Waals surface area (Å²) in [6.45, 7) is 2.37. The van der Waals surface area contributed by atoms with Crippen LogP contribution in [0, 0.1) is 17.0 Å². The van der Waals surface area contributed by atoms with Gasteiger partial charge in [0, 0.05) is 36.3 Å². The number of pyridine rings is 1. The van der Waals surface area contributed by atoms with Gasteiger partial charge in [0.25, 0.3) is 5.69 Å². The van der Waals surface area contributed by atoms with Gasteiger partial charge in [0.15, 0.2) is 0 Å². The number of hydrogen-bond donors (Lipinski definition) is 1. The monoisotopic (exact) mass is 243 g/mol. The Kier molecular flexibility index (Phi) is 3.52. The maximum atomic E-state index is 10.7. The first-order chi connectivity index (χ1) is 8.66. The minimum absolute atomic E-state index is 0.141. The quantitative estimate of drug-likeness (QED) is 0.662. The Bertz CT molecular complexity index is 555. The third-order valence-corrected chi connectivity index (χ3v) is 2.61. The van der Waals surface area contributed by atoms with Crippen molar-refractivity contribution in [2.75, 3.05) is 5.32 Å². The highest BCUT2D eigenvalue weighted by atomic mass is 16.6. The predicted octanol–water partition coefficient (Wildman–Crippen LogP) is 2.91. The second-order valence-corrected chi connectivity index (χ2v) is 3.97. The van der Waals surface area contributed by atoms with Crippen molar-refractivity contribution >= 4 is 11.4 Å². The van der Waals surface area contributed by atoms with E-state index in [1.54, 1.807) is 31.5 Å². The summed E-state index contributed by atoms with van der Waals surface area (Å²) in [6.07, 6.45) is 3.50. The molecule has 5 nitrogen and oxygen atoms in total. The van der Waals surface area contributed by atoms with Gasteiger partial charge in [-0.1, -0.05) is 6.07 Å². The fourth-order valence-electron chi connectivity index (χ4n) is 1.68. The van der Waals surface area contributed by atoms with Gasteiger partial charge in [0.1, 0.15) is 0 Å². The summed E-state index contributed by atoms with van der Waals surface area (Å²) in [6, 6.07) is 8.84. The number of hydrogen-bond acceptors (Lipinski definition) is 4. The van der Waals surface area contributed by atoms with Crippen molar-refractivity contribution in [2.45, 2.75) is 13.5 Å². The summed E-state index contributed by atoms with van der Waals surface area (Å²) in [7, 11) is 0. The van der Waals surface area contributed by atoms with Gasteiger partial charge in [-0.05, 0) is 30.7 Å². The minimum atomic E-state index is -0.375. The Hall–Kier alpha value is -2.43. The standard InChI is InChI=1S/C13H13N3O2/c1-10-7-12(4-5-13(10)16(17)18)15-9-11-3-2-6-14-8-11/h2-8,15H,9H2,1H3. The van der Waals surface area contributed by atoms with E-state index in [2.05, 4.69) is 10.3 Å². The van der Waals surface area contributed by atoms with Crippen molar-refractivity contribution in [3.8, 4) is 0 Å². The molecule has 18 heavy (non-hydrogen) atoms. The molecule has 1 N–H and O–H groups in total. The first-order valence-electron chi connectivity index (χ1n) is 5.54. The van der Waals surface area contributed by atoms with Crippen LogP contribution in [0.5, 0.6) is 0 Å². The summed E-state index contributed by atoms with van der Waals surface area (Å²) in [5, 5.41) is 13.9. The lowest BCUT2D eigenvalue weighted by molar-refractivity contribution is -0.385. The van der Waals surface area contributed by atoms with E-state index in [1.165, 1.54) is 6.07 Å². The van der Waals surface area contributed by atoms with Crippen molar-refractivity contribution in [1.29, 1.82) is 0 Å². The normalized spacial score (nSPS) is 10.1. The Labute approximate surface area is 105 Å². The van der Waals surface area contributed by atoms with E-state index < -0.39 is 0 Å². The smallest absolute Gasteiger partial charge is 0.272 e. The number of anilines is 1. The molecular formula is C13H13N3O2. The first kappa shape index (κ1) is 12.0. The molecule has 2 aromatic rings. The Morgan fingerprint density at radius 3 is 2.83 bits per heavy atom. The van der Waals surface area contributed by atoms with Gasteiger partial charge in [-0.2, -0.15) is 0 Å². The van der Waals surface area contributed by atoms with Gasteiger partial charge in [0.2, 0.25) is 0 Å². The van der Waals surface area contributed by atoms with Crippen LogP contribution in [-0.2, 0) is 6.54 Å². The summed E-state index contributed by atoms with van der Waals surface area (Å²) in [5.74, 6) is 0. The number of nitro benzene ring substituents is 1. The number of nitrogens with one attached hydrogen (secondary N) is 1. The van der Waals surface area contributed by atoms with Gasteiger partial charge in [-0.15, -0.1) is 0 Å². The predicted molar refractivity (Wildman–Crippen MR) is 69.4 cm³/mol. The summed E-state index contributed by atoms with van der Waals surface area (Å²) < 4.78 is 0. The summed E-state index contributed by atoms with van der Waals surface area (Å²) in [5.41, 5.74) is 2.72. The van der Waals surface area contributed by atoms with Crippen LogP contribution in [-0.4, -0.2) is 9.91 Å². The molecule has 0 aliphatic rings. The number of nitro groups is 1. The lowest BCUT2D eigenvalue weighted by Gasteiger charge is -2.07. The van der Waals surface area contributed by atoms with Crippen molar-refractivity contribution in [3.05, 3.63) is 64.0 Å². The highest BCUT2D eigenvalue weighted by molar-refractivity contribution is 5.53. The molecule has 0 atom stereocenters. The summed E-state index contributed by atoms with van der Waals surface area (Å²) >= 11 is 0. The van der Waals surface area contributed by atoms with Crippen LogP contribution >= 0.6 is 0 Å². The Morgan fingerprint density at radius 1 is 1.39 bits per heavy atom. The van der Waals surface area contributed by atoms with E-state index in [4.69, 9.17) is 0 Å². The molecule has 0 aliphatic heterocycles. The molecule has 0 spiro atoms. The van der Waals surface area contributed by atoms with Crippen LogP contribution in [0.15, 0.2) is 42.7 Å². The average Bonchev–Trinajstić information content (AvgIpc) is 2.37. The zero-order valence-electron chi connectivity index (χ0n) is 9.96. The molecule has 0 aliphatic carbocycles. The van der Waals surface area contributed by atoms with E-state index in [0.717, 1.165) is 11.3 Å². The largest absolute Gasteiger partial charge is 0.381 e. The Balaban J connectivity index is 2.07. The van der Waals surface area contributed by atoms with E-state index >= 15 is 0 Å². The van der Waals surface area contributed by atoms with Crippen molar-refractivity contribution in [3.63, 3.8) is 0 Å². The number of rotatable bonds is 4. The van der Waals surface area contributed by atoms with E-state index in [-0.39, 0.29) is 10.6 Å². The Morgan fingerprint density at radius 2 is 2.22 bits per heavy atom. The zero-order chi connectivity index (χ0) is 13.0. The molecule has 0 unspecified atom stereocenters. The van der Waals surface area contributed by atoms with Crippen LogP contribution in [0.2, 0.25) is 0 Å². The number of nitrogens with zero attached hydrogens (tertiary/aromatic N) is 2. The van der Waals surface area contributed by atoms with Crippen LogP contribution in [0.3, 0.4) is 0 Å². The fourth-order valence-corrected chi connectivity index (χ4v) is 1.68. The van der Waals surface area contributed by atoms with Crippen molar-refractivity contribution in [2.24, 2.45) is 0 Å². The molecule has 0 saturated heterocycles. The molecule has 0 amide bonds. The third-order valence-electron chi connectivity index (χ3n) is 2.61. The van der Waals surface area contributed by atoms with Crippen LogP contribution in [0.25, 0.3) is 0 Å². The maximum Gasteiger partial charge on any atom is 0.272 e. The van der Waals surface area contributed by atoms with Gasteiger partial charge >= 0.3 is 0 Å². The van der Waals surface area contributed by atoms with Crippen molar-refractivity contribution in [1.82, 2.24) is 4.98 Å². The van der Waals surface area contributed by atoms with Crippen molar-refractivity contribution < 1.29 is 4.92 Å². The van der Waals surface area contributed by atoms with Crippen LogP contribution < -0.4 is 5.32 Å². The third kappa shape index (κ3) is 2.82. The van der Waals surface area contributed by atoms with E-state index in [9.17, 15) is 10.1 Å². The molecule has 0 bridgehead atoms. The second kappa shape index (κ2) is 5.27. The molecule has 0 saturated carbocycles.